The number of carbonyl (C=O) groups is 1. The van der Waals surface area contributed by atoms with Crippen molar-refractivity contribution in [2.75, 3.05) is 0 Å². The molecule has 12 heavy (non-hydrogen) atoms. The highest BCUT2D eigenvalue weighted by Crippen LogP contribution is 2.06. The Kier molecular flexibility index (Phi) is 1.56. The maximum Gasteiger partial charge on any atom is 0.229 e. The van der Waals surface area contributed by atoms with E-state index in [0.29, 0.717) is 13.1 Å². The van der Waals surface area contributed by atoms with Crippen LogP contribution in [0, 0.1) is 0 Å². The van der Waals surface area contributed by atoms with Gasteiger partial charge in [-0.2, -0.15) is 0 Å². The summed E-state index contributed by atoms with van der Waals surface area (Å²) >= 11 is 0. The fourth-order valence-electron chi connectivity index (χ4n) is 1.32. The van der Waals surface area contributed by atoms with Gasteiger partial charge in [-0.15, -0.1) is 10.2 Å². The van der Waals surface area contributed by atoms with E-state index in [4.69, 9.17) is 0 Å². The molecule has 0 spiro atoms. The zero-order valence-electron chi connectivity index (χ0n) is 6.87. The molecule has 1 amide bonds. The summed E-state index contributed by atoms with van der Waals surface area (Å²) in [5.41, 5.74) is 0. The first-order valence-corrected chi connectivity index (χ1v) is 3.99. The van der Waals surface area contributed by atoms with Crippen LogP contribution in [0.2, 0.25) is 0 Å². The Hall–Kier alpha value is -1.39. The lowest BCUT2D eigenvalue weighted by Crippen LogP contribution is -2.35. The highest BCUT2D eigenvalue weighted by molar-refractivity contribution is 5.78. The third kappa shape index (κ3) is 0.975. The molecule has 0 aliphatic carbocycles. The van der Waals surface area contributed by atoms with Crippen molar-refractivity contribution in [2.45, 2.75) is 26.4 Å². The maximum absolute atomic E-state index is 10.9. The molecule has 0 atom stereocenters. The fraction of sp³-hybridized carbons (Fsp3) is 0.571. The van der Waals surface area contributed by atoms with Gasteiger partial charge in [0.2, 0.25) is 5.91 Å². The van der Waals surface area contributed by atoms with Crippen molar-refractivity contribution in [2.24, 2.45) is 0 Å². The molecule has 2 heterocycles. The van der Waals surface area contributed by atoms with E-state index in [1.165, 1.54) is 0 Å². The number of hydrogen-bond donors (Lipinski definition) is 1. The van der Waals surface area contributed by atoms with Crippen LogP contribution in [0.4, 0.5) is 0 Å². The van der Waals surface area contributed by atoms with Crippen LogP contribution in [0.15, 0.2) is 0 Å². The van der Waals surface area contributed by atoms with Gasteiger partial charge in [-0.1, -0.05) is 6.92 Å². The van der Waals surface area contributed by atoms with Gasteiger partial charge in [-0.05, 0) is 0 Å². The standard InChI is InChI=1S/C7H10N4O/c1-2-5-9-10-6-3-7(12)8-4-11(5)6/h2-4H2,1H3,(H,8,12). The average Bonchev–Trinajstić information content (AvgIpc) is 2.46. The molecule has 1 aliphatic heterocycles. The van der Waals surface area contributed by atoms with E-state index in [1.54, 1.807) is 0 Å². The topological polar surface area (TPSA) is 59.8 Å². The summed E-state index contributed by atoms with van der Waals surface area (Å²) in [5, 5.41) is 10.6. The summed E-state index contributed by atoms with van der Waals surface area (Å²) in [6, 6.07) is 0. The monoisotopic (exact) mass is 166 g/mol. The van der Waals surface area contributed by atoms with Gasteiger partial charge in [0.15, 0.2) is 0 Å². The predicted octanol–water partition coefficient (Wildman–Crippen LogP) is -0.530. The molecule has 5 heteroatoms. The van der Waals surface area contributed by atoms with Gasteiger partial charge in [-0.25, -0.2) is 0 Å². The first-order valence-electron chi connectivity index (χ1n) is 3.99. The number of aryl methyl sites for hydroxylation is 1. The predicted molar refractivity (Wildman–Crippen MR) is 41.2 cm³/mol. The van der Waals surface area contributed by atoms with Crippen molar-refractivity contribution < 1.29 is 4.79 Å². The van der Waals surface area contributed by atoms with Crippen molar-refractivity contribution in [3.05, 3.63) is 11.6 Å². The second-order valence-corrected chi connectivity index (χ2v) is 2.75. The lowest BCUT2D eigenvalue weighted by Gasteiger charge is -2.15. The summed E-state index contributed by atoms with van der Waals surface area (Å²) in [7, 11) is 0. The molecule has 1 aromatic rings. The van der Waals surface area contributed by atoms with Crippen LogP contribution in [0.1, 0.15) is 18.6 Å². The van der Waals surface area contributed by atoms with E-state index in [-0.39, 0.29) is 5.91 Å². The molecule has 5 nitrogen and oxygen atoms in total. The molecule has 1 aromatic heterocycles. The zero-order chi connectivity index (χ0) is 8.55. The maximum atomic E-state index is 10.9. The molecule has 0 unspecified atom stereocenters. The lowest BCUT2D eigenvalue weighted by molar-refractivity contribution is -0.121. The van der Waals surface area contributed by atoms with E-state index in [1.807, 2.05) is 11.5 Å². The molecule has 2 rings (SSSR count). The third-order valence-electron chi connectivity index (χ3n) is 1.97. The van der Waals surface area contributed by atoms with E-state index >= 15 is 0 Å². The molecule has 0 saturated carbocycles. The summed E-state index contributed by atoms with van der Waals surface area (Å²) in [4.78, 5) is 10.9. The Bertz CT molecular complexity index is 317. The number of aromatic nitrogens is 3. The summed E-state index contributed by atoms with van der Waals surface area (Å²) in [6.07, 6.45) is 1.20. The SMILES string of the molecule is CCc1nnc2n1CNC(=O)C2. The van der Waals surface area contributed by atoms with Gasteiger partial charge >= 0.3 is 0 Å². The van der Waals surface area contributed by atoms with Crippen LogP contribution in [0.3, 0.4) is 0 Å². The van der Waals surface area contributed by atoms with Gasteiger partial charge in [0.1, 0.15) is 11.6 Å². The van der Waals surface area contributed by atoms with Crippen LogP contribution < -0.4 is 5.32 Å². The lowest BCUT2D eigenvalue weighted by atomic mass is 10.3. The largest absolute Gasteiger partial charge is 0.338 e. The number of amides is 1. The Balaban J connectivity index is 2.38. The van der Waals surface area contributed by atoms with Gasteiger partial charge < -0.3 is 5.32 Å². The molecule has 0 aromatic carbocycles. The van der Waals surface area contributed by atoms with Crippen LogP contribution in [0.25, 0.3) is 0 Å². The number of nitrogens with one attached hydrogen (secondary N) is 1. The van der Waals surface area contributed by atoms with Crippen molar-refractivity contribution in [3.8, 4) is 0 Å². The van der Waals surface area contributed by atoms with Crippen LogP contribution in [-0.4, -0.2) is 20.7 Å². The highest BCUT2D eigenvalue weighted by atomic mass is 16.1. The number of carbonyl (C=O) groups excluding carboxylic acids is 1. The number of rotatable bonds is 1. The average molecular weight is 166 g/mol. The minimum atomic E-state index is 0.0255. The fourth-order valence-corrected chi connectivity index (χ4v) is 1.32. The molecule has 0 fully saturated rings. The quantitative estimate of drug-likeness (QED) is 0.610. The van der Waals surface area contributed by atoms with Gasteiger partial charge in [0.25, 0.3) is 0 Å². The summed E-state index contributed by atoms with van der Waals surface area (Å²) in [5.74, 6) is 1.73. The van der Waals surface area contributed by atoms with Crippen LogP contribution >= 0.6 is 0 Å². The Labute approximate surface area is 69.8 Å². The van der Waals surface area contributed by atoms with E-state index < -0.39 is 0 Å². The minimum absolute atomic E-state index is 0.0255. The van der Waals surface area contributed by atoms with E-state index in [0.717, 1.165) is 18.1 Å². The molecule has 0 bridgehead atoms. The smallest absolute Gasteiger partial charge is 0.229 e. The minimum Gasteiger partial charge on any atom is -0.338 e. The summed E-state index contributed by atoms with van der Waals surface area (Å²) < 4.78 is 1.95. The summed E-state index contributed by atoms with van der Waals surface area (Å²) in [6.45, 7) is 2.54. The third-order valence-corrected chi connectivity index (χ3v) is 1.97. The first-order chi connectivity index (χ1) is 5.81. The number of fused-ring (bicyclic) bond motifs is 1. The molecular weight excluding hydrogens is 156 g/mol. The molecule has 0 saturated heterocycles. The normalized spacial score (nSPS) is 15.6. The second-order valence-electron chi connectivity index (χ2n) is 2.75. The van der Waals surface area contributed by atoms with Gasteiger partial charge in [0, 0.05) is 6.42 Å². The van der Waals surface area contributed by atoms with Crippen molar-refractivity contribution in [1.29, 1.82) is 0 Å². The van der Waals surface area contributed by atoms with Crippen molar-refractivity contribution >= 4 is 5.91 Å². The second kappa shape index (κ2) is 2.58. The molecule has 1 N–H and O–H groups in total. The number of nitrogens with zero attached hydrogens (tertiary/aromatic N) is 3. The first kappa shape index (κ1) is 7.27. The Morgan fingerprint density at radius 3 is 3.17 bits per heavy atom. The van der Waals surface area contributed by atoms with Crippen molar-refractivity contribution in [1.82, 2.24) is 20.1 Å². The molecule has 64 valence electrons. The Morgan fingerprint density at radius 1 is 1.58 bits per heavy atom. The van der Waals surface area contributed by atoms with E-state index in [9.17, 15) is 4.79 Å². The zero-order valence-corrected chi connectivity index (χ0v) is 6.87. The molecular formula is C7H10N4O. The van der Waals surface area contributed by atoms with Crippen LogP contribution in [0.5, 0.6) is 0 Å². The van der Waals surface area contributed by atoms with Gasteiger partial charge in [0.05, 0.1) is 13.1 Å². The van der Waals surface area contributed by atoms with E-state index in [2.05, 4.69) is 15.5 Å². The van der Waals surface area contributed by atoms with Crippen molar-refractivity contribution in [3.63, 3.8) is 0 Å². The highest BCUT2D eigenvalue weighted by Gasteiger charge is 2.18. The van der Waals surface area contributed by atoms with Crippen LogP contribution in [-0.2, 0) is 24.3 Å². The van der Waals surface area contributed by atoms with Gasteiger partial charge in [-0.3, -0.25) is 9.36 Å². The molecule has 0 radical (unpaired) electrons. The molecule has 1 aliphatic rings. The Morgan fingerprint density at radius 2 is 2.42 bits per heavy atom. The number of hydrogen-bond acceptors (Lipinski definition) is 3.